The summed E-state index contributed by atoms with van der Waals surface area (Å²) in [6.07, 6.45) is 5.77. The van der Waals surface area contributed by atoms with Crippen LogP contribution in [0.1, 0.15) is 28.4 Å². The molecule has 1 fully saturated rings. The Bertz CT molecular complexity index is 831. The van der Waals surface area contributed by atoms with E-state index in [0.717, 1.165) is 23.0 Å². The van der Waals surface area contributed by atoms with Crippen molar-refractivity contribution in [1.82, 2.24) is 20.3 Å². The van der Waals surface area contributed by atoms with Crippen molar-refractivity contribution in [3.05, 3.63) is 60.2 Å². The molecule has 2 N–H and O–H groups in total. The van der Waals surface area contributed by atoms with Crippen LogP contribution in [0.25, 0.3) is 11.0 Å². The van der Waals surface area contributed by atoms with Crippen LogP contribution in [-0.4, -0.2) is 33.5 Å². The molecule has 1 saturated heterocycles. The fourth-order valence-electron chi connectivity index (χ4n) is 2.94. The van der Waals surface area contributed by atoms with Gasteiger partial charge in [0.1, 0.15) is 6.10 Å². The number of H-pyrrole nitrogens is 1. The summed E-state index contributed by atoms with van der Waals surface area (Å²) in [6.45, 7) is 0.629. The van der Waals surface area contributed by atoms with Crippen LogP contribution in [0.3, 0.4) is 0 Å². The number of hydrogen-bond acceptors (Lipinski definition) is 4. The molecule has 116 valence electrons. The minimum atomic E-state index is -0.150. The fraction of sp³-hybridized carbons (Fsp3) is 0.235. The number of aromatic amines is 1. The molecule has 1 aliphatic heterocycles. The van der Waals surface area contributed by atoms with Crippen LogP contribution in [0, 0.1) is 0 Å². The third-order valence-electron chi connectivity index (χ3n) is 4.10. The first kappa shape index (κ1) is 13.9. The van der Waals surface area contributed by atoms with Gasteiger partial charge < -0.3 is 15.0 Å². The highest BCUT2D eigenvalue weighted by molar-refractivity contribution is 5.97. The van der Waals surface area contributed by atoms with E-state index < -0.39 is 0 Å². The molecule has 4 rings (SSSR count). The Morgan fingerprint density at radius 3 is 3.17 bits per heavy atom. The highest BCUT2D eigenvalue weighted by Crippen LogP contribution is 2.28. The van der Waals surface area contributed by atoms with Crippen molar-refractivity contribution in [3.8, 4) is 0 Å². The standard InChI is InChI=1S/C17H16N4O2/c22-17(11-3-4-13-15(8-11)20-10-19-13)21-14-5-7-23-16(14)12-2-1-6-18-9-12/h1-4,6,8-10,14,16H,5,7H2,(H,19,20)(H,21,22)/t14-,16+/m0/s1. The topological polar surface area (TPSA) is 79.9 Å². The Labute approximate surface area is 132 Å². The number of ether oxygens (including phenoxy) is 1. The van der Waals surface area contributed by atoms with E-state index in [0.29, 0.717) is 12.2 Å². The molecule has 1 aliphatic rings. The molecule has 6 nitrogen and oxygen atoms in total. The van der Waals surface area contributed by atoms with E-state index in [1.54, 1.807) is 24.8 Å². The number of nitrogens with one attached hydrogen (secondary N) is 2. The molecule has 23 heavy (non-hydrogen) atoms. The molecule has 0 saturated carbocycles. The van der Waals surface area contributed by atoms with Crippen molar-refractivity contribution in [2.45, 2.75) is 18.6 Å². The molecule has 6 heteroatoms. The van der Waals surface area contributed by atoms with Crippen LogP contribution in [0.5, 0.6) is 0 Å². The summed E-state index contributed by atoms with van der Waals surface area (Å²) in [5.41, 5.74) is 3.29. The lowest BCUT2D eigenvalue weighted by Crippen LogP contribution is -2.36. The van der Waals surface area contributed by atoms with Gasteiger partial charge in [0.25, 0.3) is 5.91 Å². The molecule has 0 bridgehead atoms. The Hall–Kier alpha value is -2.73. The monoisotopic (exact) mass is 308 g/mol. The van der Waals surface area contributed by atoms with Crippen molar-refractivity contribution in [1.29, 1.82) is 0 Å². The summed E-state index contributed by atoms with van der Waals surface area (Å²) in [6, 6.07) is 9.23. The van der Waals surface area contributed by atoms with Gasteiger partial charge >= 0.3 is 0 Å². The summed E-state index contributed by atoms with van der Waals surface area (Å²) in [5, 5.41) is 3.07. The van der Waals surface area contributed by atoms with Gasteiger partial charge in [0.05, 0.1) is 23.4 Å². The van der Waals surface area contributed by atoms with Gasteiger partial charge in [-0.1, -0.05) is 6.07 Å². The van der Waals surface area contributed by atoms with Gasteiger partial charge in [-0.3, -0.25) is 9.78 Å². The minimum Gasteiger partial charge on any atom is -0.371 e. The third-order valence-corrected chi connectivity index (χ3v) is 4.10. The lowest BCUT2D eigenvalue weighted by Gasteiger charge is -2.20. The molecule has 0 unspecified atom stereocenters. The van der Waals surface area contributed by atoms with Gasteiger partial charge in [0, 0.05) is 30.1 Å². The molecule has 2 atom stereocenters. The zero-order valence-electron chi connectivity index (χ0n) is 12.4. The Morgan fingerprint density at radius 2 is 2.30 bits per heavy atom. The number of rotatable bonds is 3. The molecule has 1 aromatic carbocycles. The summed E-state index contributed by atoms with van der Waals surface area (Å²) >= 11 is 0. The second-order valence-electron chi connectivity index (χ2n) is 5.58. The molecule has 0 aliphatic carbocycles. The van der Waals surface area contributed by atoms with E-state index in [1.165, 1.54) is 0 Å². The van der Waals surface area contributed by atoms with E-state index in [2.05, 4.69) is 20.3 Å². The van der Waals surface area contributed by atoms with E-state index >= 15 is 0 Å². The summed E-state index contributed by atoms with van der Waals surface area (Å²) in [4.78, 5) is 23.8. The van der Waals surface area contributed by atoms with Gasteiger partial charge in [0.2, 0.25) is 0 Å². The lowest BCUT2D eigenvalue weighted by molar-refractivity contribution is 0.0820. The third kappa shape index (κ3) is 2.68. The number of fused-ring (bicyclic) bond motifs is 1. The Kier molecular flexibility index (Phi) is 3.51. The Balaban J connectivity index is 1.53. The molecule has 2 aromatic heterocycles. The van der Waals surface area contributed by atoms with Crippen molar-refractivity contribution in [2.24, 2.45) is 0 Å². The number of aromatic nitrogens is 3. The van der Waals surface area contributed by atoms with E-state index in [-0.39, 0.29) is 18.1 Å². The average Bonchev–Trinajstić information content (AvgIpc) is 3.23. The van der Waals surface area contributed by atoms with E-state index in [4.69, 9.17) is 4.74 Å². The smallest absolute Gasteiger partial charge is 0.251 e. The van der Waals surface area contributed by atoms with Gasteiger partial charge in [-0.2, -0.15) is 0 Å². The zero-order chi connectivity index (χ0) is 15.6. The van der Waals surface area contributed by atoms with E-state index in [9.17, 15) is 4.79 Å². The fourth-order valence-corrected chi connectivity index (χ4v) is 2.94. The maximum atomic E-state index is 12.5. The maximum Gasteiger partial charge on any atom is 0.251 e. The molecule has 3 heterocycles. The first-order valence-electron chi connectivity index (χ1n) is 7.57. The summed E-state index contributed by atoms with van der Waals surface area (Å²) in [7, 11) is 0. The van der Waals surface area contributed by atoms with Crippen LogP contribution in [0.2, 0.25) is 0 Å². The van der Waals surface area contributed by atoms with Crippen LogP contribution >= 0.6 is 0 Å². The molecule has 0 spiro atoms. The molecule has 1 amide bonds. The van der Waals surface area contributed by atoms with Crippen LogP contribution < -0.4 is 5.32 Å². The average molecular weight is 308 g/mol. The summed E-state index contributed by atoms with van der Waals surface area (Å²) < 4.78 is 5.78. The predicted octanol–water partition coefficient (Wildman–Crippen LogP) is 2.22. The number of carbonyl (C=O) groups is 1. The molecule has 3 aromatic rings. The second-order valence-corrected chi connectivity index (χ2v) is 5.58. The largest absolute Gasteiger partial charge is 0.371 e. The highest BCUT2D eigenvalue weighted by atomic mass is 16.5. The van der Waals surface area contributed by atoms with Crippen molar-refractivity contribution < 1.29 is 9.53 Å². The van der Waals surface area contributed by atoms with Crippen molar-refractivity contribution in [3.63, 3.8) is 0 Å². The second kappa shape index (κ2) is 5.81. The summed E-state index contributed by atoms with van der Waals surface area (Å²) in [5.74, 6) is -0.106. The number of hydrogen-bond donors (Lipinski definition) is 2. The number of pyridine rings is 1. The number of benzene rings is 1. The van der Waals surface area contributed by atoms with Gasteiger partial charge in [0.15, 0.2) is 0 Å². The van der Waals surface area contributed by atoms with Crippen LogP contribution in [0.15, 0.2) is 49.1 Å². The maximum absolute atomic E-state index is 12.5. The first-order valence-corrected chi connectivity index (χ1v) is 7.57. The molecular formula is C17H16N4O2. The van der Waals surface area contributed by atoms with Crippen LogP contribution in [-0.2, 0) is 4.74 Å². The van der Waals surface area contributed by atoms with Gasteiger partial charge in [-0.05, 0) is 30.7 Å². The quantitative estimate of drug-likeness (QED) is 0.777. The number of carbonyl (C=O) groups excluding carboxylic acids is 1. The van der Waals surface area contributed by atoms with Gasteiger partial charge in [-0.25, -0.2) is 4.98 Å². The number of imidazole rings is 1. The lowest BCUT2D eigenvalue weighted by atomic mass is 10.0. The number of nitrogens with zero attached hydrogens (tertiary/aromatic N) is 2. The Morgan fingerprint density at radius 1 is 1.35 bits per heavy atom. The van der Waals surface area contributed by atoms with Crippen LogP contribution in [0.4, 0.5) is 0 Å². The first-order chi connectivity index (χ1) is 11.3. The molecule has 0 radical (unpaired) electrons. The van der Waals surface area contributed by atoms with Crippen molar-refractivity contribution in [2.75, 3.05) is 6.61 Å². The van der Waals surface area contributed by atoms with Crippen molar-refractivity contribution >= 4 is 16.9 Å². The minimum absolute atomic E-state index is 0.0517. The zero-order valence-corrected chi connectivity index (χ0v) is 12.4. The highest BCUT2D eigenvalue weighted by Gasteiger charge is 2.31. The van der Waals surface area contributed by atoms with Gasteiger partial charge in [-0.15, -0.1) is 0 Å². The normalized spacial score (nSPS) is 20.7. The SMILES string of the molecule is O=C(N[C@H]1CCO[C@@H]1c1cccnc1)c1ccc2nc[nH]c2c1. The van der Waals surface area contributed by atoms with E-state index in [1.807, 2.05) is 24.3 Å². The number of amides is 1. The molecular weight excluding hydrogens is 292 g/mol. The predicted molar refractivity (Wildman–Crippen MR) is 84.9 cm³/mol.